The van der Waals surface area contributed by atoms with Crippen molar-refractivity contribution in [1.29, 1.82) is 0 Å². The third-order valence-electron chi connectivity index (χ3n) is 1.70. The Bertz CT molecular complexity index is 291. The minimum absolute atomic E-state index is 0.226. The first-order chi connectivity index (χ1) is 6.15. The van der Waals surface area contributed by atoms with Crippen molar-refractivity contribution in [2.45, 2.75) is 6.04 Å². The topological polar surface area (TPSA) is 35.2 Å². The first kappa shape index (κ1) is 10.8. The van der Waals surface area contributed by atoms with E-state index < -0.39 is 0 Å². The number of benzene rings is 1. The quantitative estimate of drug-likeness (QED) is 0.849. The van der Waals surface area contributed by atoms with Gasteiger partial charge in [-0.15, -0.1) is 0 Å². The molecule has 0 saturated carbocycles. The van der Waals surface area contributed by atoms with Gasteiger partial charge in [-0.1, -0.05) is 23.2 Å². The van der Waals surface area contributed by atoms with Crippen LogP contribution in [0.2, 0.25) is 10.0 Å². The molecule has 2 nitrogen and oxygen atoms in total. The van der Waals surface area contributed by atoms with Crippen molar-refractivity contribution < 1.29 is 4.74 Å². The Morgan fingerprint density at radius 1 is 1.46 bits per heavy atom. The van der Waals surface area contributed by atoms with Crippen molar-refractivity contribution in [3.63, 3.8) is 0 Å². The minimum atomic E-state index is -0.226. The van der Waals surface area contributed by atoms with Gasteiger partial charge in [0.15, 0.2) is 0 Å². The molecule has 0 bridgehead atoms. The lowest BCUT2D eigenvalue weighted by atomic mass is 10.1. The van der Waals surface area contributed by atoms with Crippen molar-refractivity contribution in [3.05, 3.63) is 33.8 Å². The zero-order chi connectivity index (χ0) is 9.84. The number of methoxy groups -OCH3 is 1. The van der Waals surface area contributed by atoms with E-state index in [0.29, 0.717) is 16.7 Å². The van der Waals surface area contributed by atoms with Gasteiger partial charge in [-0.05, 0) is 23.8 Å². The molecule has 0 aliphatic carbocycles. The van der Waals surface area contributed by atoms with Crippen LogP contribution >= 0.6 is 23.2 Å². The fourth-order valence-electron chi connectivity index (χ4n) is 1.07. The molecule has 0 radical (unpaired) electrons. The highest BCUT2D eigenvalue weighted by Crippen LogP contribution is 2.25. The summed E-state index contributed by atoms with van der Waals surface area (Å²) < 4.78 is 4.93. The van der Waals surface area contributed by atoms with Crippen LogP contribution in [0.1, 0.15) is 11.6 Å². The third-order valence-corrected chi connectivity index (χ3v) is 2.28. The van der Waals surface area contributed by atoms with E-state index >= 15 is 0 Å². The highest BCUT2D eigenvalue weighted by molar-refractivity contribution is 6.33. The summed E-state index contributed by atoms with van der Waals surface area (Å²) >= 11 is 11.7. The Morgan fingerprint density at radius 3 is 2.77 bits per heavy atom. The Hall–Kier alpha value is -0.280. The summed E-state index contributed by atoms with van der Waals surface area (Å²) in [7, 11) is 1.60. The molecule has 4 heteroatoms. The lowest BCUT2D eigenvalue weighted by molar-refractivity contribution is 0.181. The summed E-state index contributed by atoms with van der Waals surface area (Å²) in [5, 5.41) is 1.25. The molecule has 0 unspecified atom stereocenters. The lowest BCUT2D eigenvalue weighted by Gasteiger charge is -2.12. The van der Waals surface area contributed by atoms with Crippen LogP contribution in [0.4, 0.5) is 0 Å². The summed E-state index contributed by atoms with van der Waals surface area (Å²) in [5.41, 5.74) is 6.62. The van der Waals surface area contributed by atoms with E-state index in [1.165, 1.54) is 0 Å². The zero-order valence-corrected chi connectivity index (χ0v) is 8.77. The summed E-state index contributed by atoms with van der Waals surface area (Å²) in [5.74, 6) is 0. The van der Waals surface area contributed by atoms with Gasteiger partial charge in [0.2, 0.25) is 0 Å². The molecule has 1 atom stereocenters. The summed E-state index contributed by atoms with van der Waals surface area (Å²) in [6, 6.07) is 4.99. The number of hydrogen-bond donors (Lipinski definition) is 1. The highest BCUT2D eigenvalue weighted by Gasteiger charge is 2.09. The van der Waals surface area contributed by atoms with Crippen molar-refractivity contribution >= 4 is 23.2 Å². The van der Waals surface area contributed by atoms with E-state index in [1.807, 2.05) is 0 Å². The molecular formula is C9H11Cl2NO. The Balaban J connectivity index is 2.91. The van der Waals surface area contributed by atoms with Crippen LogP contribution in [0, 0.1) is 0 Å². The van der Waals surface area contributed by atoms with Gasteiger partial charge in [-0.3, -0.25) is 0 Å². The Kier molecular flexibility index (Phi) is 4.00. The van der Waals surface area contributed by atoms with E-state index in [4.69, 9.17) is 33.7 Å². The highest BCUT2D eigenvalue weighted by atomic mass is 35.5. The van der Waals surface area contributed by atoms with Crippen LogP contribution in [0.15, 0.2) is 18.2 Å². The van der Waals surface area contributed by atoms with E-state index in [0.717, 1.165) is 5.56 Å². The van der Waals surface area contributed by atoms with Crippen LogP contribution in [0.25, 0.3) is 0 Å². The van der Waals surface area contributed by atoms with Crippen molar-refractivity contribution in [2.24, 2.45) is 5.73 Å². The Labute approximate surface area is 87.6 Å². The zero-order valence-electron chi connectivity index (χ0n) is 7.26. The molecule has 1 rings (SSSR count). The van der Waals surface area contributed by atoms with Gasteiger partial charge in [0.25, 0.3) is 0 Å². The molecule has 2 N–H and O–H groups in total. The maximum Gasteiger partial charge on any atom is 0.0656 e. The predicted octanol–water partition coefficient (Wildman–Crippen LogP) is 2.64. The fraction of sp³-hybridized carbons (Fsp3) is 0.333. The number of nitrogens with two attached hydrogens (primary N) is 1. The second-order valence-corrected chi connectivity index (χ2v) is 3.57. The smallest absolute Gasteiger partial charge is 0.0656 e. The number of rotatable bonds is 3. The average Bonchev–Trinajstić information content (AvgIpc) is 2.09. The second kappa shape index (κ2) is 4.82. The molecule has 0 spiro atoms. The first-order valence-corrected chi connectivity index (χ1v) is 4.60. The molecule has 0 aliphatic rings. The molecule has 13 heavy (non-hydrogen) atoms. The molecule has 0 aliphatic heterocycles. The normalized spacial score (nSPS) is 12.9. The number of ether oxygens (including phenoxy) is 1. The molecular weight excluding hydrogens is 209 g/mol. The van der Waals surface area contributed by atoms with Gasteiger partial charge in [0.1, 0.15) is 0 Å². The SMILES string of the molecule is COC[C@@H](N)c1cc(Cl)ccc1Cl. The van der Waals surface area contributed by atoms with Crippen molar-refractivity contribution in [2.75, 3.05) is 13.7 Å². The molecule has 0 fully saturated rings. The molecule has 0 saturated heterocycles. The van der Waals surface area contributed by atoms with Gasteiger partial charge in [-0.25, -0.2) is 0 Å². The second-order valence-electron chi connectivity index (χ2n) is 2.73. The van der Waals surface area contributed by atoms with Crippen LogP contribution < -0.4 is 5.73 Å². The molecule has 1 aromatic rings. The molecule has 0 heterocycles. The molecule has 0 aromatic heterocycles. The number of hydrogen-bond acceptors (Lipinski definition) is 2. The van der Waals surface area contributed by atoms with Crippen LogP contribution in [0.5, 0.6) is 0 Å². The van der Waals surface area contributed by atoms with Gasteiger partial charge in [0, 0.05) is 17.2 Å². The third kappa shape index (κ3) is 2.85. The van der Waals surface area contributed by atoms with Gasteiger partial charge >= 0.3 is 0 Å². The van der Waals surface area contributed by atoms with Crippen LogP contribution in [0.3, 0.4) is 0 Å². The summed E-state index contributed by atoms with van der Waals surface area (Å²) in [4.78, 5) is 0. The van der Waals surface area contributed by atoms with Crippen LogP contribution in [-0.2, 0) is 4.74 Å². The summed E-state index contributed by atoms with van der Waals surface area (Å²) in [6.07, 6.45) is 0. The number of halogens is 2. The van der Waals surface area contributed by atoms with Gasteiger partial charge < -0.3 is 10.5 Å². The largest absolute Gasteiger partial charge is 0.383 e. The van der Waals surface area contributed by atoms with Crippen LogP contribution in [-0.4, -0.2) is 13.7 Å². The van der Waals surface area contributed by atoms with Crippen molar-refractivity contribution in [3.8, 4) is 0 Å². The minimum Gasteiger partial charge on any atom is -0.383 e. The van der Waals surface area contributed by atoms with E-state index in [9.17, 15) is 0 Å². The monoisotopic (exact) mass is 219 g/mol. The fourth-order valence-corrected chi connectivity index (χ4v) is 1.51. The van der Waals surface area contributed by atoms with Gasteiger partial charge in [-0.2, -0.15) is 0 Å². The van der Waals surface area contributed by atoms with E-state index in [1.54, 1.807) is 25.3 Å². The first-order valence-electron chi connectivity index (χ1n) is 3.84. The van der Waals surface area contributed by atoms with Crippen molar-refractivity contribution in [1.82, 2.24) is 0 Å². The maximum atomic E-state index is 5.93. The molecule has 72 valence electrons. The van der Waals surface area contributed by atoms with E-state index in [2.05, 4.69) is 0 Å². The van der Waals surface area contributed by atoms with E-state index in [-0.39, 0.29) is 6.04 Å². The standard InChI is InChI=1S/C9H11Cl2NO/c1-13-5-9(12)7-4-6(10)2-3-8(7)11/h2-4,9H,5,12H2,1H3/t9-/m1/s1. The Morgan fingerprint density at radius 2 is 2.15 bits per heavy atom. The van der Waals surface area contributed by atoms with Gasteiger partial charge in [0.05, 0.1) is 12.6 Å². The maximum absolute atomic E-state index is 5.93. The molecule has 1 aromatic carbocycles. The lowest BCUT2D eigenvalue weighted by Crippen LogP contribution is -2.16. The predicted molar refractivity (Wildman–Crippen MR) is 55.3 cm³/mol. The molecule has 0 amide bonds. The summed E-state index contributed by atoms with van der Waals surface area (Å²) in [6.45, 7) is 0.431. The average molecular weight is 220 g/mol.